The van der Waals surface area contributed by atoms with Crippen molar-refractivity contribution in [2.24, 2.45) is 10.4 Å². The summed E-state index contributed by atoms with van der Waals surface area (Å²) in [6.07, 6.45) is 6.75. The van der Waals surface area contributed by atoms with E-state index in [1.165, 1.54) is 24.0 Å². The van der Waals surface area contributed by atoms with Crippen LogP contribution >= 0.6 is 0 Å². The molecule has 12 heteroatoms. The van der Waals surface area contributed by atoms with Crippen LogP contribution in [0.1, 0.15) is 41.6 Å². The van der Waals surface area contributed by atoms with E-state index in [1.54, 1.807) is 30.1 Å². The zero-order chi connectivity index (χ0) is 33.1. The number of rotatable bonds is 8. The topological polar surface area (TPSA) is 155 Å². The number of hydrogen-bond acceptors (Lipinski definition) is 7. The lowest BCUT2D eigenvalue weighted by Crippen LogP contribution is -2.43. The molecule has 242 valence electrons. The van der Waals surface area contributed by atoms with Crippen molar-refractivity contribution in [1.29, 1.82) is 10.8 Å². The summed E-state index contributed by atoms with van der Waals surface area (Å²) in [5, 5.41) is 19.4. The zero-order valence-corrected chi connectivity index (χ0v) is 26.3. The van der Waals surface area contributed by atoms with Gasteiger partial charge in [0, 0.05) is 55.7 Å². The zero-order valence-electron chi connectivity index (χ0n) is 26.3. The Morgan fingerprint density at radius 2 is 1.89 bits per heavy atom. The molecule has 2 saturated heterocycles. The quantitative estimate of drug-likeness (QED) is 0.169. The maximum absolute atomic E-state index is 13.8. The Balaban J connectivity index is 1.05. The number of aromatic nitrogens is 1. The summed E-state index contributed by atoms with van der Waals surface area (Å²) >= 11 is 0. The lowest BCUT2D eigenvalue weighted by Gasteiger charge is -2.29. The second-order valence-electron chi connectivity index (χ2n) is 12.2. The molecule has 0 radical (unpaired) electrons. The molecule has 1 spiro atoms. The number of nitrogens with two attached hydrogens (primary N) is 1. The molecule has 1 aromatic heterocycles. The van der Waals surface area contributed by atoms with E-state index >= 15 is 0 Å². The summed E-state index contributed by atoms with van der Waals surface area (Å²) < 4.78 is 13.4. The predicted octanol–water partition coefficient (Wildman–Crippen LogP) is 3.54. The molecule has 11 nitrogen and oxygen atoms in total. The van der Waals surface area contributed by atoms with Crippen molar-refractivity contribution in [3.05, 3.63) is 95.1 Å². The minimum Gasteiger partial charge on any atom is -0.398 e. The summed E-state index contributed by atoms with van der Waals surface area (Å²) in [5.74, 6) is -0.218. The molecule has 6 rings (SSSR count). The van der Waals surface area contributed by atoms with Crippen LogP contribution in [-0.2, 0) is 9.59 Å². The third kappa shape index (κ3) is 6.54. The van der Waals surface area contributed by atoms with E-state index in [2.05, 4.69) is 26.3 Å². The molecule has 0 bridgehead atoms. The van der Waals surface area contributed by atoms with Crippen LogP contribution in [0, 0.1) is 22.1 Å². The highest BCUT2D eigenvalue weighted by Gasteiger charge is 2.51. The van der Waals surface area contributed by atoms with Crippen LogP contribution in [0.3, 0.4) is 0 Å². The van der Waals surface area contributed by atoms with E-state index in [0.29, 0.717) is 68.2 Å². The highest BCUT2D eigenvalue weighted by atomic mass is 19.1. The average molecular weight is 636 g/mol. The molecule has 0 aliphatic carbocycles. The number of nitrogen functional groups attached to an aromatic ring is 1. The molecule has 0 unspecified atom stereocenters. The number of anilines is 2. The molecular formula is C35H38FN9O2. The Morgan fingerprint density at radius 1 is 1.11 bits per heavy atom. The molecule has 3 aliphatic rings. The maximum Gasteiger partial charge on any atom is 0.237 e. The fourth-order valence-electron chi connectivity index (χ4n) is 6.62. The number of carbonyl (C=O) groups excluding carboxylic acids is 2. The number of nitrogens with one attached hydrogen (secondary N) is 3. The van der Waals surface area contributed by atoms with Crippen molar-refractivity contribution in [2.45, 2.75) is 19.3 Å². The van der Waals surface area contributed by atoms with Crippen molar-refractivity contribution in [2.75, 3.05) is 56.9 Å². The largest absolute Gasteiger partial charge is 0.398 e. The Morgan fingerprint density at radius 3 is 2.60 bits per heavy atom. The van der Waals surface area contributed by atoms with E-state index in [4.69, 9.17) is 16.6 Å². The highest BCUT2D eigenvalue weighted by molar-refractivity contribution is 6.13. The standard InChI is InChI=1S/C35H38FN9O2/c1-40-22-42-33(39)25-4-2-23(3-5-25)24-10-14-44(15-11-24)31(46)20-43-16-12-35(21-43)13-17-45(34(35)47)27-7-8-29(37)28(18-27)32(38)30-9-6-26(36)19-41-30/h2-10,18-19,22,38H,11-17,20-21,37H2,1H3,(H2,39,40,42)/t35-/m0/s1. The van der Waals surface area contributed by atoms with Crippen LogP contribution in [-0.4, -0.2) is 90.8 Å². The molecule has 1 atom stereocenters. The van der Waals surface area contributed by atoms with Crippen molar-refractivity contribution in [3.8, 4) is 0 Å². The molecule has 2 aromatic carbocycles. The molecular weight excluding hydrogens is 597 g/mol. The number of nitrogens with zero attached hydrogens (tertiary/aromatic N) is 5. The Hall–Kier alpha value is -5.23. The molecule has 3 aliphatic heterocycles. The fraction of sp³-hybridized carbons (Fsp3) is 0.314. The van der Waals surface area contributed by atoms with E-state index in [-0.39, 0.29) is 29.9 Å². The van der Waals surface area contributed by atoms with E-state index < -0.39 is 11.2 Å². The summed E-state index contributed by atoms with van der Waals surface area (Å²) in [6, 6.07) is 15.6. The van der Waals surface area contributed by atoms with Crippen molar-refractivity contribution in [1.82, 2.24) is 20.1 Å². The van der Waals surface area contributed by atoms with E-state index in [0.717, 1.165) is 23.7 Å². The lowest BCUT2D eigenvalue weighted by atomic mass is 9.85. The minimum atomic E-state index is -0.552. The lowest BCUT2D eigenvalue weighted by molar-refractivity contribution is -0.132. The summed E-state index contributed by atoms with van der Waals surface area (Å²) in [4.78, 5) is 40.9. The average Bonchev–Trinajstić information content (AvgIpc) is 3.65. The third-order valence-corrected chi connectivity index (χ3v) is 9.32. The normalized spacial score (nSPS) is 19.9. The van der Waals surface area contributed by atoms with Gasteiger partial charge in [0.05, 0.1) is 35.9 Å². The first kappa shape index (κ1) is 31.7. The fourth-order valence-corrected chi connectivity index (χ4v) is 6.62. The van der Waals surface area contributed by atoms with Gasteiger partial charge in [0.1, 0.15) is 5.82 Å². The Bertz CT molecular complexity index is 1770. The van der Waals surface area contributed by atoms with Gasteiger partial charge in [-0.05, 0) is 67.3 Å². The third-order valence-electron chi connectivity index (χ3n) is 9.32. The van der Waals surface area contributed by atoms with Gasteiger partial charge in [-0.15, -0.1) is 0 Å². The van der Waals surface area contributed by atoms with Gasteiger partial charge in [0.2, 0.25) is 11.8 Å². The second kappa shape index (κ2) is 13.2. The van der Waals surface area contributed by atoms with Gasteiger partial charge < -0.3 is 20.9 Å². The number of hydrogen-bond donors (Lipinski definition) is 4. The molecule has 5 N–H and O–H groups in total. The maximum atomic E-state index is 13.8. The van der Waals surface area contributed by atoms with E-state index in [9.17, 15) is 14.0 Å². The van der Waals surface area contributed by atoms with Gasteiger partial charge in [-0.2, -0.15) is 0 Å². The monoisotopic (exact) mass is 635 g/mol. The number of amidine groups is 1. The van der Waals surface area contributed by atoms with Gasteiger partial charge in [0.25, 0.3) is 0 Å². The van der Waals surface area contributed by atoms with Crippen molar-refractivity contribution in [3.63, 3.8) is 0 Å². The summed E-state index contributed by atoms with van der Waals surface area (Å²) in [6.45, 7) is 3.18. The number of amides is 2. The van der Waals surface area contributed by atoms with Crippen LogP contribution in [0.25, 0.3) is 5.57 Å². The molecule has 47 heavy (non-hydrogen) atoms. The van der Waals surface area contributed by atoms with Gasteiger partial charge in [0.15, 0.2) is 5.84 Å². The molecule has 2 fully saturated rings. The molecule has 3 aromatic rings. The first-order valence-corrected chi connectivity index (χ1v) is 15.7. The summed E-state index contributed by atoms with van der Waals surface area (Å²) in [5.41, 5.74) is 10.4. The second-order valence-corrected chi connectivity index (χ2v) is 12.2. The SMILES string of the molecule is CN/C=N\C(=N)c1ccc(C2=CCN(C(=O)CN3CC[C@]4(CCN(c5ccc(N)c(C(=N)c6ccc(F)cn6)c5)C4=O)C3)CC2)cc1. The van der Waals surface area contributed by atoms with Gasteiger partial charge in [-0.25, -0.2) is 9.38 Å². The minimum absolute atomic E-state index is 0.0233. The van der Waals surface area contributed by atoms with Crippen LogP contribution in [0.5, 0.6) is 0 Å². The molecule has 4 heterocycles. The van der Waals surface area contributed by atoms with Crippen LogP contribution in [0.4, 0.5) is 15.8 Å². The molecule has 2 amide bonds. The van der Waals surface area contributed by atoms with Gasteiger partial charge in [-0.3, -0.25) is 30.3 Å². The first-order chi connectivity index (χ1) is 22.7. The van der Waals surface area contributed by atoms with Crippen LogP contribution < -0.4 is 16.0 Å². The Labute approximate surface area is 273 Å². The number of pyridine rings is 1. The van der Waals surface area contributed by atoms with Crippen molar-refractivity contribution >= 4 is 46.6 Å². The first-order valence-electron chi connectivity index (χ1n) is 15.7. The number of benzene rings is 2. The number of halogens is 1. The predicted molar refractivity (Wildman–Crippen MR) is 181 cm³/mol. The summed E-state index contributed by atoms with van der Waals surface area (Å²) in [7, 11) is 1.74. The highest BCUT2D eigenvalue weighted by Crippen LogP contribution is 2.43. The Kier molecular flexibility index (Phi) is 8.95. The van der Waals surface area contributed by atoms with Gasteiger partial charge >= 0.3 is 0 Å². The van der Waals surface area contributed by atoms with E-state index in [1.807, 2.05) is 29.2 Å². The van der Waals surface area contributed by atoms with Gasteiger partial charge in [-0.1, -0.05) is 30.3 Å². The number of aliphatic imine (C=N–C) groups is 1. The number of likely N-dealkylation sites (tertiary alicyclic amines) is 1. The molecule has 0 saturated carbocycles. The van der Waals surface area contributed by atoms with Crippen LogP contribution in [0.15, 0.2) is 71.9 Å². The van der Waals surface area contributed by atoms with Crippen LogP contribution in [0.2, 0.25) is 0 Å². The number of carbonyl (C=O) groups is 2. The van der Waals surface area contributed by atoms with Crippen molar-refractivity contribution < 1.29 is 14.0 Å². The smallest absolute Gasteiger partial charge is 0.237 e.